The average Bonchev–Trinajstić information content (AvgIpc) is 3.44. The molecule has 2 fully saturated rings. The summed E-state index contributed by atoms with van der Waals surface area (Å²) in [5.41, 5.74) is 9.56. The Morgan fingerprint density at radius 1 is 1.21 bits per heavy atom. The number of aromatic nitrogens is 3. The molecule has 2 aliphatic rings. The Kier molecular flexibility index (Phi) is 6.17. The maximum Gasteiger partial charge on any atom is 0.255 e. The van der Waals surface area contributed by atoms with Gasteiger partial charge in [-0.2, -0.15) is 5.10 Å². The summed E-state index contributed by atoms with van der Waals surface area (Å²) in [5.74, 6) is 1.69. The van der Waals surface area contributed by atoms with Crippen LogP contribution in [0, 0.1) is 10.5 Å². The van der Waals surface area contributed by atoms with Crippen molar-refractivity contribution in [3.63, 3.8) is 0 Å². The minimum atomic E-state index is -0.0704. The summed E-state index contributed by atoms with van der Waals surface area (Å²) in [6.07, 6.45) is 5.97. The first-order valence-electron chi connectivity index (χ1n) is 11.5. The van der Waals surface area contributed by atoms with E-state index in [9.17, 15) is 4.79 Å². The fourth-order valence-electron chi connectivity index (χ4n) is 4.91. The monoisotopic (exact) mass is 560 g/mol. The first-order chi connectivity index (χ1) is 15.9. The van der Waals surface area contributed by atoms with Gasteiger partial charge in [-0.05, 0) is 73.4 Å². The third-order valence-corrected chi connectivity index (χ3v) is 7.60. The number of fused-ring (bicyclic) bond motifs is 1. The Labute approximate surface area is 207 Å². The number of amides is 1. The molecule has 5 rings (SSSR count). The number of benzene rings is 1. The van der Waals surface area contributed by atoms with E-state index in [1.807, 2.05) is 39.9 Å². The van der Waals surface area contributed by atoms with Crippen molar-refractivity contribution in [1.29, 1.82) is 0 Å². The molecule has 9 heteroatoms. The van der Waals surface area contributed by atoms with Crippen molar-refractivity contribution in [2.45, 2.75) is 44.7 Å². The number of likely N-dealkylation sites (tertiary alicyclic amines) is 1. The van der Waals surface area contributed by atoms with Crippen molar-refractivity contribution in [2.24, 2.45) is 5.73 Å². The maximum atomic E-state index is 13.6. The number of methoxy groups -OCH3 is 1. The zero-order valence-corrected chi connectivity index (χ0v) is 21.2. The minimum Gasteiger partial charge on any atom is -0.497 e. The topological polar surface area (TPSA) is 89.0 Å². The second-order valence-electron chi connectivity index (χ2n) is 8.97. The highest BCUT2D eigenvalue weighted by molar-refractivity contribution is 14.1. The molecule has 8 nitrogen and oxygen atoms in total. The predicted octanol–water partition coefficient (Wildman–Crippen LogP) is 3.56. The molecule has 0 radical (unpaired) electrons. The summed E-state index contributed by atoms with van der Waals surface area (Å²) in [7, 11) is 1.62. The van der Waals surface area contributed by atoms with Crippen molar-refractivity contribution < 1.29 is 9.53 Å². The van der Waals surface area contributed by atoms with Crippen LogP contribution >= 0.6 is 22.6 Å². The molecular formula is C24H29IN6O2. The number of ether oxygens (including phenoxy) is 1. The van der Waals surface area contributed by atoms with Crippen LogP contribution < -0.4 is 15.4 Å². The van der Waals surface area contributed by atoms with E-state index in [1.165, 1.54) is 0 Å². The lowest BCUT2D eigenvalue weighted by molar-refractivity contribution is 0.0604. The van der Waals surface area contributed by atoms with Crippen LogP contribution in [0.5, 0.6) is 5.75 Å². The van der Waals surface area contributed by atoms with Crippen LogP contribution in [0.4, 0.5) is 5.82 Å². The highest BCUT2D eigenvalue weighted by Crippen LogP contribution is 2.34. The summed E-state index contributed by atoms with van der Waals surface area (Å²) in [5, 5.41) is 4.85. The van der Waals surface area contributed by atoms with Crippen LogP contribution in [0.3, 0.4) is 0 Å². The Bertz CT molecular complexity index is 1200. The van der Waals surface area contributed by atoms with Gasteiger partial charge in [-0.3, -0.25) is 4.79 Å². The molecule has 3 aromatic rings. The number of nitrogens with zero attached hydrogens (tertiary/aromatic N) is 5. The molecule has 0 aliphatic carbocycles. The molecule has 1 aromatic carbocycles. The molecule has 33 heavy (non-hydrogen) atoms. The molecular weight excluding hydrogens is 531 g/mol. The minimum absolute atomic E-state index is 0.0240. The highest BCUT2D eigenvalue weighted by atomic mass is 127. The molecule has 1 amide bonds. The number of hydrogen-bond donors (Lipinski definition) is 1. The fourth-order valence-corrected chi connectivity index (χ4v) is 5.48. The van der Waals surface area contributed by atoms with Gasteiger partial charge >= 0.3 is 0 Å². The molecule has 0 spiro atoms. The highest BCUT2D eigenvalue weighted by Gasteiger charge is 2.32. The lowest BCUT2D eigenvalue weighted by Crippen LogP contribution is -2.39. The normalized spacial score (nSPS) is 21.1. The molecule has 2 N–H and O–H groups in total. The number of hydrogen-bond acceptors (Lipinski definition) is 6. The number of piperidine rings is 1. The van der Waals surface area contributed by atoms with Crippen LogP contribution in [0.25, 0.3) is 5.65 Å². The van der Waals surface area contributed by atoms with Gasteiger partial charge in [0.25, 0.3) is 5.91 Å². The van der Waals surface area contributed by atoms with E-state index in [1.54, 1.807) is 7.11 Å². The van der Waals surface area contributed by atoms with Gasteiger partial charge in [0, 0.05) is 47.1 Å². The second kappa shape index (κ2) is 9.09. The Morgan fingerprint density at radius 3 is 2.82 bits per heavy atom. The molecule has 0 saturated carbocycles. The maximum absolute atomic E-state index is 13.6. The predicted molar refractivity (Wildman–Crippen MR) is 136 cm³/mol. The fraction of sp³-hybridized carbons (Fsp3) is 0.458. The van der Waals surface area contributed by atoms with E-state index in [4.69, 9.17) is 20.6 Å². The summed E-state index contributed by atoms with van der Waals surface area (Å²) in [4.78, 5) is 22.7. The smallest absolute Gasteiger partial charge is 0.255 e. The lowest BCUT2D eigenvalue weighted by Gasteiger charge is -2.35. The number of carbonyl (C=O) groups excluding carboxylic acids is 1. The SMILES string of the molecule is COc1ccc(I)c(C(=O)N2CCCC[C@H]2c2cc3nc(N4CC[C@H](N)C4)c(C)cn3n2)c1. The van der Waals surface area contributed by atoms with Crippen LogP contribution in [-0.4, -0.2) is 58.2 Å². The first kappa shape index (κ1) is 22.4. The second-order valence-corrected chi connectivity index (χ2v) is 10.1. The largest absolute Gasteiger partial charge is 0.497 e. The summed E-state index contributed by atoms with van der Waals surface area (Å²) < 4.78 is 8.12. The van der Waals surface area contributed by atoms with E-state index < -0.39 is 0 Å². The Hall–Kier alpha value is -2.40. The lowest BCUT2D eigenvalue weighted by atomic mass is 9.98. The summed E-state index contributed by atoms with van der Waals surface area (Å²) in [6, 6.07) is 7.80. The van der Waals surface area contributed by atoms with Crippen LogP contribution in [0.1, 0.15) is 53.3 Å². The van der Waals surface area contributed by atoms with Gasteiger partial charge < -0.3 is 20.3 Å². The zero-order valence-electron chi connectivity index (χ0n) is 19.0. The van der Waals surface area contributed by atoms with E-state index in [-0.39, 0.29) is 18.0 Å². The van der Waals surface area contributed by atoms with E-state index >= 15 is 0 Å². The van der Waals surface area contributed by atoms with Crippen molar-refractivity contribution in [2.75, 3.05) is 31.6 Å². The van der Waals surface area contributed by atoms with E-state index in [0.29, 0.717) is 17.9 Å². The van der Waals surface area contributed by atoms with Crippen LogP contribution in [0.15, 0.2) is 30.5 Å². The molecule has 2 saturated heterocycles. The standard InChI is InChI=1S/C24H29IN6O2/c1-15-13-31-22(27-23(15)29-10-8-16(26)14-29)12-20(28-31)21-5-3-4-9-30(21)24(32)18-11-17(33-2)6-7-19(18)25/h6-7,11-13,16,21H,3-5,8-10,14,26H2,1-2H3/t16-,21-/m0/s1. The van der Waals surface area contributed by atoms with Crippen molar-refractivity contribution in [3.8, 4) is 5.75 Å². The third kappa shape index (κ3) is 4.28. The van der Waals surface area contributed by atoms with Crippen molar-refractivity contribution in [1.82, 2.24) is 19.5 Å². The summed E-state index contributed by atoms with van der Waals surface area (Å²) in [6.45, 7) is 4.54. The molecule has 2 atom stereocenters. The Balaban J connectivity index is 1.48. The van der Waals surface area contributed by atoms with Crippen molar-refractivity contribution >= 4 is 40.0 Å². The number of rotatable bonds is 4. The average molecular weight is 560 g/mol. The number of aryl methyl sites for hydroxylation is 1. The molecule has 2 aliphatic heterocycles. The van der Waals surface area contributed by atoms with Gasteiger partial charge in [-0.15, -0.1) is 0 Å². The molecule has 4 heterocycles. The third-order valence-electron chi connectivity index (χ3n) is 6.66. The van der Waals surface area contributed by atoms with Gasteiger partial charge in [-0.25, -0.2) is 9.50 Å². The number of nitrogens with two attached hydrogens (primary N) is 1. The molecule has 174 valence electrons. The quantitative estimate of drug-likeness (QED) is 0.492. The van der Waals surface area contributed by atoms with E-state index in [2.05, 4.69) is 34.4 Å². The first-order valence-corrected chi connectivity index (χ1v) is 12.5. The van der Waals surface area contributed by atoms with E-state index in [0.717, 1.165) is 65.1 Å². The molecule has 0 bridgehead atoms. The molecule has 0 unspecified atom stereocenters. The van der Waals surface area contributed by atoms with Gasteiger partial charge in [0.2, 0.25) is 0 Å². The summed E-state index contributed by atoms with van der Waals surface area (Å²) >= 11 is 2.22. The Morgan fingerprint density at radius 2 is 2.06 bits per heavy atom. The van der Waals surface area contributed by atoms with Crippen LogP contribution in [0.2, 0.25) is 0 Å². The number of halogens is 1. The number of anilines is 1. The van der Waals surface area contributed by atoms with Gasteiger partial charge in [0.15, 0.2) is 5.65 Å². The van der Waals surface area contributed by atoms with Gasteiger partial charge in [-0.1, -0.05) is 0 Å². The molecule has 2 aromatic heterocycles. The van der Waals surface area contributed by atoms with Crippen LogP contribution in [-0.2, 0) is 0 Å². The zero-order chi connectivity index (χ0) is 23.1. The van der Waals surface area contributed by atoms with Gasteiger partial charge in [0.1, 0.15) is 11.6 Å². The van der Waals surface area contributed by atoms with Crippen molar-refractivity contribution in [3.05, 3.63) is 50.9 Å². The van der Waals surface area contributed by atoms with Gasteiger partial charge in [0.05, 0.1) is 24.4 Å². The number of carbonyl (C=O) groups is 1.